The molecule has 0 aliphatic heterocycles. The Labute approximate surface area is 80.5 Å². The van der Waals surface area contributed by atoms with Crippen LogP contribution in [0.2, 0.25) is 5.02 Å². The maximum atomic E-state index is 12.7. The van der Waals surface area contributed by atoms with Crippen molar-refractivity contribution < 1.29 is 18.1 Å². The molecule has 76 valence electrons. The van der Waals surface area contributed by atoms with E-state index in [1.165, 1.54) is 0 Å². The summed E-state index contributed by atoms with van der Waals surface area (Å²) in [6, 6.07) is 0.505. The van der Waals surface area contributed by atoms with Crippen LogP contribution in [0.1, 0.15) is 12.1 Å². The third kappa shape index (κ3) is 1.92. The van der Waals surface area contributed by atoms with Gasteiger partial charge in [0.2, 0.25) is 0 Å². The molecule has 8 heteroatoms. The van der Waals surface area contributed by atoms with Gasteiger partial charge in [-0.25, -0.2) is 13.8 Å². The molecular formula is C6H2ClF3N2O2. The van der Waals surface area contributed by atoms with Crippen molar-refractivity contribution in [2.24, 2.45) is 0 Å². The fourth-order valence-electron chi connectivity index (χ4n) is 0.751. The van der Waals surface area contributed by atoms with Gasteiger partial charge in [-0.05, 0) is 0 Å². The highest BCUT2D eigenvalue weighted by Crippen LogP contribution is 2.29. The minimum atomic E-state index is -3.07. The van der Waals surface area contributed by atoms with Gasteiger partial charge < -0.3 is 0 Å². The van der Waals surface area contributed by atoms with E-state index < -0.39 is 33.7 Å². The van der Waals surface area contributed by atoms with E-state index in [1.807, 2.05) is 0 Å². The number of pyridine rings is 1. The van der Waals surface area contributed by atoms with Crippen LogP contribution in [-0.2, 0) is 0 Å². The van der Waals surface area contributed by atoms with Crippen LogP contribution in [0.15, 0.2) is 6.07 Å². The number of nitro groups is 1. The van der Waals surface area contributed by atoms with E-state index >= 15 is 0 Å². The lowest BCUT2D eigenvalue weighted by Crippen LogP contribution is -2.00. The fraction of sp³-hybridized carbons (Fsp3) is 0.167. The summed E-state index contributed by atoms with van der Waals surface area (Å²) in [5, 5.41) is 9.50. The molecule has 0 aliphatic rings. The standard InChI is InChI=1S/C6H2ClF3N2O2/c7-2-1-3(12(13)14)6(10)11-4(2)5(8)9/h1,5H. The largest absolute Gasteiger partial charge is 0.325 e. The molecule has 0 atom stereocenters. The van der Waals surface area contributed by atoms with Crippen LogP contribution in [0.25, 0.3) is 0 Å². The molecule has 4 nitrogen and oxygen atoms in total. The Bertz CT molecular complexity index is 386. The lowest BCUT2D eigenvalue weighted by atomic mass is 10.3. The molecule has 1 rings (SSSR count). The molecule has 14 heavy (non-hydrogen) atoms. The van der Waals surface area contributed by atoms with E-state index in [-0.39, 0.29) is 0 Å². The van der Waals surface area contributed by atoms with E-state index in [9.17, 15) is 23.3 Å². The predicted octanol–water partition coefficient (Wildman–Crippen LogP) is 2.72. The topological polar surface area (TPSA) is 56.0 Å². The van der Waals surface area contributed by atoms with E-state index in [0.717, 1.165) is 0 Å². The Kier molecular flexibility index (Phi) is 2.90. The number of hydrogen-bond donors (Lipinski definition) is 0. The Morgan fingerprint density at radius 3 is 2.57 bits per heavy atom. The van der Waals surface area contributed by atoms with Crippen LogP contribution >= 0.6 is 11.6 Å². The van der Waals surface area contributed by atoms with Gasteiger partial charge in [-0.1, -0.05) is 11.6 Å². The highest BCUT2D eigenvalue weighted by atomic mass is 35.5. The van der Waals surface area contributed by atoms with Gasteiger partial charge in [0.1, 0.15) is 5.69 Å². The Morgan fingerprint density at radius 2 is 2.14 bits per heavy atom. The molecule has 0 amide bonds. The van der Waals surface area contributed by atoms with Crippen LogP contribution in [0.4, 0.5) is 18.9 Å². The molecule has 1 aromatic rings. The van der Waals surface area contributed by atoms with Crippen molar-refractivity contribution in [2.75, 3.05) is 0 Å². The third-order valence-electron chi connectivity index (χ3n) is 1.34. The van der Waals surface area contributed by atoms with Crippen LogP contribution in [0.5, 0.6) is 0 Å². The smallest absolute Gasteiger partial charge is 0.258 e. The molecule has 0 saturated heterocycles. The summed E-state index contributed by atoms with van der Waals surface area (Å²) in [5.41, 5.74) is -2.03. The van der Waals surface area contributed by atoms with E-state index in [0.29, 0.717) is 6.07 Å². The van der Waals surface area contributed by atoms with Crippen LogP contribution in [-0.4, -0.2) is 9.91 Å². The van der Waals surface area contributed by atoms with Crippen LogP contribution in [0.3, 0.4) is 0 Å². The third-order valence-corrected chi connectivity index (χ3v) is 1.64. The van der Waals surface area contributed by atoms with Gasteiger partial charge in [0.25, 0.3) is 12.4 Å². The lowest BCUT2D eigenvalue weighted by Gasteiger charge is -2.01. The molecular weight excluding hydrogens is 225 g/mol. The summed E-state index contributed by atoms with van der Waals surface area (Å²) in [6.45, 7) is 0. The van der Waals surface area contributed by atoms with Crippen molar-refractivity contribution in [3.8, 4) is 0 Å². The second kappa shape index (κ2) is 3.79. The van der Waals surface area contributed by atoms with Gasteiger partial charge in [-0.3, -0.25) is 10.1 Å². The first-order chi connectivity index (χ1) is 6.43. The molecule has 1 heterocycles. The van der Waals surface area contributed by atoms with Crippen molar-refractivity contribution in [2.45, 2.75) is 6.43 Å². The summed E-state index contributed by atoms with van der Waals surface area (Å²) in [6.07, 6.45) is -3.07. The highest BCUT2D eigenvalue weighted by Gasteiger charge is 2.23. The maximum Gasteiger partial charge on any atom is 0.325 e. The monoisotopic (exact) mass is 226 g/mol. The van der Waals surface area contributed by atoms with Crippen molar-refractivity contribution in [3.63, 3.8) is 0 Å². The molecule has 0 N–H and O–H groups in total. The zero-order valence-electron chi connectivity index (χ0n) is 6.38. The van der Waals surface area contributed by atoms with Gasteiger partial charge in [0.15, 0.2) is 0 Å². The average Bonchev–Trinajstić information content (AvgIpc) is 2.07. The van der Waals surface area contributed by atoms with Gasteiger partial charge in [-0.15, -0.1) is 0 Å². The summed E-state index contributed by atoms with van der Waals surface area (Å²) >= 11 is 5.23. The number of rotatable bonds is 2. The molecule has 0 fully saturated rings. The average molecular weight is 227 g/mol. The maximum absolute atomic E-state index is 12.7. The lowest BCUT2D eigenvalue weighted by molar-refractivity contribution is -0.388. The van der Waals surface area contributed by atoms with Gasteiger partial charge >= 0.3 is 5.69 Å². The zero-order valence-corrected chi connectivity index (χ0v) is 7.13. The predicted molar refractivity (Wildman–Crippen MR) is 40.8 cm³/mol. The Hall–Kier alpha value is -1.37. The number of halogens is 4. The van der Waals surface area contributed by atoms with E-state index in [4.69, 9.17) is 11.6 Å². The summed E-state index contributed by atoms with van der Waals surface area (Å²) < 4.78 is 36.8. The fourth-order valence-corrected chi connectivity index (χ4v) is 0.979. The van der Waals surface area contributed by atoms with Crippen LogP contribution < -0.4 is 0 Å². The molecule has 0 spiro atoms. The van der Waals surface area contributed by atoms with Crippen molar-refractivity contribution in [1.29, 1.82) is 0 Å². The van der Waals surface area contributed by atoms with E-state index in [2.05, 4.69) is 4.98 Å². The normalized spacial score (nSPS) is 10.6. The first kappa shape index (κ1) is 10.7. The van der Waals surface area contributed by atoms with Crippen molar-refractivity contribution >= 4 is 17.3 Å². The number of hydrogen-bond acceptors (Lipinski definition) is 3. The highest BCUT2D eigenvalue weighted by molar-refractivity contribution is 6.31. The molecule has 0 unspecified atom stereocenters. The molecule has 0 bridgehead atoms. The van der Waals surface area contributed by atoms with Crippen molar-refractivity contribution in [3.05, 3.63) is 32.8 Å². The SMILES string of the molecule is O=[N+]([O-])c1cc(Cl)c(C(F)F)nc1F. The summed E-state index contributed by atoms with van der Waals surface area (Å²) in [4.78, 5) is 11.7. The Balaban J connectivity index is 3.31. The minimum Gasteiger partial charge on any atom is -0.258 e. The molecule has 0 radical (unpaired) electrons. The van der Waals surface area contributed by atoms with Crippen LogP contribution in [0, 0.1) is 16.1 Å². The molecule has 0 saturated carbocycles. The summed E-state index contributed by atoms with van der Waals surface area (Å²) in [5.74, 6) is -1.57. The quantitative estimate of drug-likeness (QED) is 0.443. The summed E-state index contributed by atoms with van der Waals surface area (Å²) in [7, 11) is 0. The second-order valence-corrected chi connectivity index (χ2v) is 2.63. The van der Waals surface area contributed by atoms with Gasteiger partial charge in [0, 0.05) is 6.07 Å². The number of aromatic nitrogens is 1. The van der Waals surface area contributed by atoms with Gasteiger partial charge in [0.05, 0.1) is 9.95 Å². The van der Waals surface area contributed by atoms with Crippen molar-refractivity contribution in [1.82, 2.24) is 4.98 Å². The molecule has 0 aliphatic carbocycles. The minimum absolute atomic E-state index is 0.505. The second-order valence-electron chi connectivity index (χ2n) is 2.22. The first-order valence-electron chi connectivity index (χ1n) is 3.22. The number of nitrogens with zero attached hydrogens (tertiary/aromatic N) is 2. The first-order valence-corrected chi connectivity index (χ1v) is 3.59. The zero-order chi connectivity index (χ0) is 10.9. The van der Waals surface area contributed by atoms with Gasteiger partial charge in [-0.2, -0.15) is 4.39 Å². The number of alkyl halides is 2. The molecule has 0 aromatic carbocycles. The van der Waals surface area contributed by atoms with E-state index in [1.54, 1.807) is 0 Å². The Morgan fingerprint density at radius 1 is 1.57 bits per heavy atom. The molecule has 1 aromatic heterocycles.